The second-order valence-electron chi connectivity index (χ2n) is 8.81. The fourth-order valence-electron chi connectivity index (χ4n) is 3.90. The smallest absolute Gasteiger partial charge is 0.367 e. The summed E-state index contributed by atoms with van der Waals surface area (Å²) in [6.45, 7) is 0. The first kappa shape index (κ1) is 28.9. The van der Waals surface area contributed by atoms with E-state index in [1.165, 1.54) is 36.4 Å². The van der Waals surface area contributed by atoms with E-state index in [9.17, 15) is 42.2 Å². The van der Waals surface area contributed by atoms with Crippen molar-refractivity contribution in [2.45, 2.75) is 16.4 Å². The average molecular weight is 589 g/mol. The van der Waals surface area contributed by atoms with E-state index >= 15 is 0 Å². The quantitative estimate of drug-likeness (QED) is 0.155. The lowest BCUT2D eigenvalue weighted by Crippen LogP contribution is -2.31. The summed E-state index contributed by atoms with van der Waals surface area (Å²) in [6.07, 6.45) is -0.981. The maximum atomic E-state index is 13.0. The second kappa shape index (κ2) is 10.8. The van der Waals surface area contributed by atoms with E-state index in [1.54, 1.807) is 36.4 Å². The molecule has 0 fully saturated rings. The van der Waals surface area contributed by atoms with Gasteiger partial charge in [0.15, 0.2) is 0 Å². The van der Waals surface area contributed by atoms with Crippen LogP contribution >= 0.6 is 15.2 Å². The summed E-state index contributed by atoms with van der Waals surface area (Å²) in [5.74, 6) is 0. The van der Waals surface area contributed by atoms with Crippen LogP contribution in [0, 0.1) is 0 Å². The lowest BCUT2D eigenvalue weighted by Gasteiger charge is -2.29. The van der Waals surface area contributed by atoms with Gasteiger partial charge in [-0.3, -0.25) is 13.9 Å². The normalized spacial score (nSPS) is 12.7. The first-order valence-electron chi connectivity index (χ1n) is 11.4. The van der Waals surface area contributed by atoms with Crippen LogP contribution < -0.4 is 4.72 Å². The summed E-state index contributed by atoms with van der Waals surface area (Å²) in [5.41, 5.74) is 3.38. The van der Waals surface area contributed by atoms with E-state index in [-0.39, 0.29) is 10.5 Å². The van der Waals surface area contributed by atoms with E-state index < -0.39 is 36.7 Å². The Labute approximate surface area is 225 Å². The van der Waals surface area contributed by atoms with Gasteiger partial charge in [0, 0.05) is 12.1 Å². The molecule has 0 unspecified atom stereocenters. The van der Waals surface area contributed by atoms with Gasteiger partial charge in [-0.05, 0) is 52.1 Å². The Balaban J connectivity index is 1.53. The molecule has 13 heteroatoms. The first-order chi connectivity index (χ1) is 18.2. The van der Waals surface area contributed by atoms with Gasteiger partial charge < -0.3 is 24.7 Å². The van der Waals surface area contributed by atoms with Gasteiger partial charge in [-0.25, -0.2) is 8.42 Å². The molecule has 10 nitrogen and oxygen atoms in total. The van der Waals surface area contributed by atoms with E-state index in [4.69, 9.17) is 0 Å². The first-order valence-corrected chi connectivity index (χ1v) is 16.1. The molecule has 0 saturated carbocycles. The van der Waals surface area contributed by atoms with E-state index in [1.807, 2.05) is 30.3 Å². The zero-order valence-electron chi connectivity index (χ0n) is 20.2. The molecule has 0 spiro atoms. The standard InChI is InChI=1S/C26H25NO9P2S/c28-26(37(29,30)31,38(32,33)34)18-19-9-11-22(12-10-19)23-7-4-8-24(17-23)27-39(35,36)25-15-13-21(14-16-25)20-5-2-1-3-6-20/h1-17,27-28H,18H2,(H2,29,30,31)(H2,32,33,34). The minimum Gasteiger partial charge on any atom is -0.367 e. The Hall–Kier alpha value is -3.11. The van der Waals surface area contributed by atoms with Crippen LogP contribution in [-0.2, 0) is 25.6 Å². The van der Waals surface area contributed by atoms with Gasteiger partial charge in [0.2, 0.25) is 0 Å². The van der Waals surface area contributed by atoms with Crippen LogP contribution in [0.1, 0.15) is 5.56 Å². The van der Waals surface area contributed by atoms with Gasteiger partial charge in [-0.1, -0.05) is 78.9 Å². The van der Waals surface area contributed by atoms with Crippen molar-refractivity contribution in [3.8, 4) is 22.3 Å². The molecule has 0 amide bonds. The zero-order chi connectivity index (χ0) is 28.5. The molecule has 0 aliphatic carbocycles. The van der Waals surface area contributed by atoms with Gasteiger partial charge in [0.05, 0.1) is 4.90 Å². The average Bonchev–Trinajstić information content (AvgIpc) is 2.88. The van der Waals surface area contributed by atoms with Crippen LogP contribution in [0.15, 0.2) is 108 Å². The predicted octanol–water partition coefficient (Wildman–Crippen LogP) is 4.37. The van der Waals surface area contributed by atoms with Crippen molar-refractivity contribution < 1.29 is 42.2 Å². The summed E-state index contributed by atoms with van der Waals surface area (Å²) < 4.78 is 51.7. The molecule has 6 N–H and O–H groups in total. The van der Waals surface area contributed by atoms with Gasteiger partial charge in [-0.2, -0.15) is 0 Å². The van der Waals surface area contributed by atoms with Crippen molar-refractivity contribution in [3.05, 3.63) is 109 Å². The molecule has 39 heavy (non-hydrogen) atoms. The number of benzene rings is 4. The van der Waals surface area contributed by atoms with Crippen LogP contribution in [-0.4, -0.2) is 38.2 Å². The molecule has 0 bridgehead atoms. The van der Waals surface area contributed by atoms with E-state index in [0.29, 0.717) is 16.8 Å². The number of hydrogen-bond acceptors (Lipinski definition) is 5. The highest BCUT2D eigenvalue weighted by Crippen LogP contribution is 2.68. The van der Waals surface area contributed by atoms with Crippen LogP contribution in [0.2, 0.25) is 0 Å². The Morgan fingerprint density at radius 2 is 1.13 bits per heavy atom. The summed E-state index contributed by atoms with van der Waals surface area (Å²) in [4.78, 5) is 37.5. The molecule has 0 aliphatic rings. The second-order valence-corrected chi connectivity index (χ2v) is 14.5. The Bertz CT molecular complexity index is 1640. The van der Waals surface area contributed by atoms with Gasteiger partial charge in [-0.15, -0.1) is 0 Å². The SMILES string of the molecule is O=P(O)(O)C(O)(Cc1ccc(-c2cccc(NS(=O)(=O)c3ccc(-c4ccccc4)cc3)c2)cc1)P(=O)(O)O. The van der Waals surface area contributed by atoms with Crippen molar-refractivity contribution in [1.29, 1.82) is 0 Å². The monoisotopic (exact) mass is 589 g/mol. The van der Waals surface area contributed by atoms with Crippen molar-refractivity contribution in [3.63, 3.8) is 0 Å². The maximum Gasteiger partial charge on any atom is 0.369 e. The highest BCUT2D eigenvalue weighted by atomic mass is 32.2. The molecular formula is C26H25NO9P2S. The summed E-state index contributed by atoms with van der Waals surface area (Å²) in [7, 11) is -15.1. The third-order valence-corrected chi connectivity index (χ3v) is 11.2. The highest BCUT2D eigenvalue weighted by Gasteiger charge is 2.59. The van der Waals surface area contributed by atoms with Crippen molar-refractivity contribution in [2.24, 2.45) is 0 Å². The number of sulfonamides is 1. The Morgan fingerprint density at radius 3 is 1.69 bits per heavy atom. The predicted molar refractivity (Wildman–Crippen MR) is 147 cm³/mol. The molecule has 204 valence electrons. The number of hydrogen-bond donors (Lipinski definition) is 6. The molecule has 0 radical (unpaired) electrons. The fourth-order valence-corrected chi connectivity index (χ4v) is 7.08. The number of rotatable bonds is 9. The number of anilines is 1. The zero-order valence-corrected chi connectivity index (χ0v) is 22.8. The molecule has 0 saturated heterocycles. The number of aliphatic hydroxyl groups is 1. The molecule has 0 heterocycles. The van der Waals surface area contributed by atoms with Crippen LogP contribution in [0.4, 0.5) is 5.69 Å². The van der Waals surface area contributed by atoms with Gasteiger partial charge >= 0.3 is 15.2 Å². The molecule has 0 aromatic heterocycles. The highest BCUT2D eigenvalue weighted by molar-refractivity contribution is 7.92. The molecule has 4 aromatic rings. The van der Waals surface area contributed by atoms with Crippen LogP contribution in [0.25, 0.3) is 22.3 Å². The number of nitrogens with one attached hydrogen (secondary N) is 1. The topological polar surface area (TPSA) is 181 Å². The summed E-state index contributed by atoms with van der Waals surface area (Å²) in [6, 6.07) is 28.3. The lowest BCUT2D eigenvalue weighted by molar-refractivity contribution is 0.131. The third kappa shape index (κ3) is 6.38. The van der Waals surface area contributed by atoms with E-state index in [2.05, 4.69) is 4.72 Å². The van der Waals surface area contributed by atoms with Gasteiger partial charge in [0.1, 0.15) is 0 Å². The maximum absolute atomic E-state index is 13.0. The van der Waals surface area contributed by atoms with Crippen molar-refractivity contribution in [1.82, 2.24) is 0 Å². The summed E-state index contributed by atoms with van der Waals surface area (Å²) in [5, 5.41) is 6.59. The fraction of sp³-hybridized carbons (Fsp3) is 0.0769. The molecule has 0 atom stereocenters. The molecule has 4 rings (SSSR count). The minimum atomic E-state index is -5.59. The Kier molecular flexibility index (Phi) is 8.01. The van der Waals surface area contributed by atoms with E-state index in [0.717, 1.165) is 11.1 Å². The minimum absolute atomic E-state index is 0.0729. The lowest BCUT2D eigenvalue weighted by atomic mass is 10.0. The molecule has 4 aromatic carbocycles. The largest absolute Gasteiger partial charge is 0.369 e. The third-order valence-electron chi connectivity index (χ3n) is 6.05. The van der Waals surface area contributed by atoms with Gasteiger partial charge in [0.25, 0.3) is 15.1 Å². The molecule has 0 aliphatic heterocycles. The summed E-state index contributed by atoms with van der Waals surface area (Å²) >= 11 is 0. The van der Waals surface area contributed by atoms with Crippen LogP contribution in [0.5, 0.6) is 0 Å². The van der Waals surface area contributed by atoms with Crippen LogP contribution in [0.3, 0.4) is 0 Å². The van der Waals surface area contributed by atoms with Crippen molar-refractivity contribution >= 4 is 30.9 Å². The Morgan fingerprint density at radius 1 is 0.641 bits per heavy atom. The van der Waals surface area contributed by atoms with Crippen molar-refractivity contribution in [2.75, 3.05) is 4.72 Å². The molecular weight excluding hydrogens is 564 g/mol.